The molecule has 5 nitrogen and oxygen atoms in total. The van der Waals surface area contributed by atoms with Crippen molar-refractivity contribution in [3.05, 3.63) is 90.8 Å². The maximum atomic E-state index is 5.89. The number of aryl methyl sites for hydroxylation is 1. The molecule has 0 amide bonds. The summed E-state index contributed by atoms with van der Waals surface area (Å²) in [7, 11) is 0. The van der Waals surface area contributed by atoms with Gasteiger partial charge < -0.3 is 10.1 Å². The van der Waals surface area contributed by atoms with E-state index >= 15 is 0 Å². The maximum absolute atomic E-state index is 5.89. The SMILES string of the molecule is Cc1cc(Nc2cccc(Oc3ccccc3)c2)nc(-c2ccccn2)n1. The molecule has 2 heterocycles. The van der Waals surface area contributed by atoms with Gasteiger partial charge in [-0.3, -0.25) is 4.98 Å². The van der Waals surface area contributed by atoms with Crippen LogP contribution in [0.3, 0.4) is 0 Å². The molecule has 27 heavy (non-hydrogen) atoms. The van der Waals surface area contributed by atoms with Crippen LogP contribution in [0, 0.1) is 6.92 Å². The van der Waals surface area contributed by atoms with Crippen LogP contribution in [-0.4, -0.2) is 15.0 Å². The zero-order valence-electron chi connectivity index (χ0n) is 14.8. The molecule has 5 heteroatoms. The van der Waals surface area contributed by atoms with Gasteiger partial charge in [-0.1, -0.05) is 30.3 Å². The average molecular weight is 354 g/mol. The highest BCUT2D eigenvalue weighted by molar-refractivity contribution is 5.61. The van der Waals surface area contributed by atoms with E-state index in [9.17, 15) is 0 Å². The van der Waals surface area contributed by atoms with Gasteiger partial charge in [0.25, 0.3) is 0 Å². The van der Waals surface area contributed by atoms with Crippen molar-refractivity contribution >= 4 is 11.5 Å². The van der Waals surface area contributed by atoms with Crippen LogP contribution in [0.2, 0.25) is 0 Å². The zero-order chi connectivity index (χ0) is 18.5. The first-order chi connectivity index (χ1) is 13.3. The third kappa shape index (κ3) is 4.27. The van der Waals surface area contributed by atoms with Gasteiger partial charge in [0.05, 0.1) is 0 Å². The van der Waals surface area contributed by atoms with Gasteiger partial charge in [0.15, 0.2) is 5.82 Å². The van der Waals surface area contributed by atoms with Gasteiger partial charge in [0.1, 0.15) is 23.0 Å². The highest BCUT2D eigenvalue weighted by Gasteiger charge is 2.07. The van der Waals surface area contributed by atoms with E-state index in [0.29, 0.717) is 11.6 Å². The Labute approximate surface area is 157 Å². The molecule has 0 atom stereocenters. The first kappa shape index (κ1) is 16.7. The summed E-state index contributed by atoms with van der Waals surface area (Å²) in [4.78, 5) is 13.4. The third-order valence-electron chi connectivity index (χ3n) is 3.83. The van der Waals surface area contributed by atoms with Gasteiger partial charge in [0.2, 0.25) is 0 Å². The van der Waals surface area contributed by atoms with E-state index in [1.54, 1.807) is 6.20 Å². The Bertz CT molecular complexity index is 1040. The lowest BCUT2D eigenvalue weighted by molar-refractivity contribution is 0.483. The summed E-state index contributed by atoms with van der Waals surface area (Å²) in [5.41, 5.74) is 2.49. The maximum Gasteiger partial charge on any atom is 0.180 e. The summed E-state index contributed by atoms with van der Waals surface area (Å²) >= 11 is 0. The minimum Gasteiger partial charge on any atom is -0.457 e. The van der Waals surface area contributed by atoms with Gasteiger partial charge >= 0.3 is 0 Å². The molecule has 0 spiro atoms. The lowest BCUT2D eigenvalue weighted by atomic mass is 10.3. The van der Waals surface area contributed by atoms with Crippen molar-refractivity contribution in [2.75, 3.05) is 5.32 Å². The second kappa shape index (κ2) is 7.66. The molecule has 132 valence electrons. The Morgan fingerprint density at radius 1 is 0.778 bits per heavy atom. The van der Waals surface area contributed by atoms with E-state index in [1.165, 1.54) is 0 Å². The van der Waals surface area contributed by atoms with E-state index < -0.39 is 0 Å². The van der Waals surface area contributed by atoms with Crippen molar-refractivity contribution in [2.45, 2.75) is 6.92 Å². The normalized spacial score (nSPS) is 10.4. The van der Waals surface area contributed by atoms with Crippen LogP contribution in [-0.2, 0) is 0 Å². The number of benzene rings is 2. The highest BCUT2D eigenvalue weighted by Crippen LogP contribution is 2.26. The number of para-hydroxylation sites is 1. The van der Waals surface area contributed by atoms with Crippen molar-refractivity contribution in [1.29, 1.82) is 0 Å². The third-order valence-corrected chi connectivity index (χ3v) is 3.83. The van der Waals surface area contributed by atoms with Crippen molar-refractivity contribution in [3.63, 3.8) is 0 Å². The van der Waals surface area contributed by atoms with Gasteiger partial charge in [-0.15, -0.1) is 0 Å². The van der Waals surface area contributed by atoms with E-state index in [2.05, 4.69) is 20.3 Å². The van der Waals surface area contributed by atoms with Crippen molar-refractivity contribution in [2.24, 2.45) is 0 Å². The minimum atomic E-state index is 0.592. The minimum absolute atomic E-state index is 0.592. The number of hydrogen-bond acceptors (Lipinski definition) is 5. The second-order valence-corrected chi connectivity index (χ2v) is 6.00. The number of anilines is 2. The van der Waals surface area contributed by atoms with Gasteiger partial charge in [0, 0.05) is 29.7 Å². The van der Waals surface area contributed by atoms with Crippen molar-refractivity contribution < 1.29 is 4.74 Å². The molecule has 2 aromatic heterocycles. The standard InChI is InChI=1S/C22H18N4O/c1-16-14-21(26-22(24-16)20-12-5-6-13-23-20)25-17-8-7-11-19(15-17)27-18-9-3-2-4-10-18/h2-15H,1H3,(H,24,25,26). The van der Waals surface area contributed by atoms with E-state index in [4.69, 9.17) is 4.74 Å². The number of nitrogens with zero attached hydrogens (tertiary/aromatic N) is 3. The number of aromatic nitrogens is 3. The van der Waals surface area contributed by atoms with Crippen LogP contribution in [0.25, 0.3) is 11.5 Å². The fourth-order valence-corrected chi connectivity index (χ4v) is 2.65. The molecule has 2 aromatic carbocycles. The summed E-state index contributed by atoms with van der Waals surface area (Å²) < 4.78 is 5.89. The number of nitrogens with one attached hydrogen (secondary N) is 1. The van der Waals surface area contributed by atoms with Crippen molar-refractivity contribution in [1.82, 2.24) is 15.0 Å². The van der Waals surface area contributed by atoms with Gasteiger partial charge in [-0.25, -0.2) is 9.97 Å². The quantitative estimate of drug-likeness (QED) is 0.521. The molecular weight excluding hydrogens is 336 g/mol. The zero-order valence-corrected chi connectivity index (χ0v) is 14.8. The molecule has 0 aliphatic carbocycles. The van der Waals surface area contributed by atoms with Crippen LogP contribution in [0.4, 0.5) is 11.5 Å². The molecule has 4 rings (SSSR count). The summed E-state index contributed by atoms with van der Waals surface area (Å²) in [6.07, 6.45) is 1.73. The molecule has 0 aliphatic rings. The number of hydrogen-bond donors (Lipinski definition) is 1. The number of ether oxygens (including phenoxy) is 1. The number of pyridine rings is 1. The monoisotopic (exact) mass is 354 g/mol. The largest absolute Gasteiger partial charge is 0.457 e. The molecule has 0 unspecified atom stereocenters. The van der Waals surface area contributed by atoms with Crippen LogP contribution < -0.4 is 10.1 Å². The Hall–Kier alpha value is -3.73. The lowest BCUT2D eigenvalue weighted by Gasteiger charge is -2.10. The summed E-state index contributed by atoms with van der Waals surface area (Å²) in [6.45, 7) is 1.94. The second-order valence-electron chi connectivity index (χ2n) is 6.00. The fourth-order valence-electron chi connectivity index (χ4n) is 2.65. The summed E-state index contributed by atoms with van der Waals surface area (Å²) in [5, 5.41) is 3.32. The summed E-state index contributed by atoms with van der Waals surface area (Å²) in [6, 6.07) is 25.0. The molecular formula is C22H18N4O. The van der Waals surface area contributed by atoms with E-state index in [0.717, 1.165) is 28.6 Å². The van der Waals surface area contributed by atoms with E-state index in [-0.39, 0.29) is 0 Å². The lowest BCUT2D eigenvalue weighted by Crippen LogP contribution is -2.00. The van der Waals surface area contributed by atoms with Crippen LogP contribution >= 0.6 is 0 Å². The first-order valence-corrected chi connectivity index (χ1v) is 8.63. The molecule has 0 fully saturated rings. The van der Waals surface area contributed by atoms with Crippen LogP contribution in [0.15, 0.2) is 85.1 Å². The Kier molecular flexibility index (Phi) is 4.74. The Morgan fingerprint density at radius 3 is 2.41 bits per heavy atom. The van der Waals surface area contributed by atoms with Crippen LogP contribution in [0.5, 0.6) is 11.5 Å². The predicted molar refractivity (Wildman–Crippen MR) is 106 cm³/mol. The molecule has 0 saturated carbocycles. The topological polar surface area (TPSA) is 59.9 Å². The smallest absolute Gasteiger partial charge is 0.180 e. The summed E-state index contributed by atoms with van der Waals surface area (Å²) in [5.74, 6) is 2.85. The predicted octanol–water partition coefficient (Wildman–Crippen LogP) is 5.38. The molecule has 0 radical (unpaired) electrons. The Morgan fingerprint density at radius 2 is 1.59 bits per heavy atom. The van der Waals surface area contributed by atoms with Crippen LogP contribution in [0.1, 0.15) is 5.69 Å². The highest BCUT2D eigenvalue weighted by atomic mass is 16.5. The number of rotatable bonds is 5. The van der Waals surface area contributed by atoms with Crippen molar-refractivity contribution in [3.8, 4) is 23.0 Å². The molecule has 0 saturated heterocycles. The average Bonchev–Trinajstić information content (AvgIpc) is 2.69. The fraction of sp³-hybridized carbons (Fsp3) is 0.0455. The first-order valence-electron chi connectivity index (χ1n) is 8.63. The van der Waals surface area contributed by atoms with E-state index in [1.807, 2.05) is 85.8 Å². The van der Waals surface area contributed by atoms with Gasteiger partial charge in [-0.2, -0.15) is 0 Å². The molecule has 0 bridgehead atoms. The molecule has 0 aliphatic heterocycles. The molecule has 1 N–H and O–H groups in total. The van der Waals surface area contributed by atoms with Gasteiger partial charge in [-0.05, 0) is 43.3 Å². The Balaban J connectivity index is 1.57. The molecule has 4 aromatic rings.